The summed E-state index contributed by atoms with van der Waals surface area (Å²) in [6.07, 6.45) is -0.767. The van der Waals surface area contributed by atoms with Crippen LogP contribution in [0.4, 0.5) is 0 Å². The van der Waals surface area contributed by atoms with Gasteiger partial charge < -0.3 is 19.7 Å². The number of methoxy groups -OCH3 is 1. The fourth-order valence-corrected chi connectivity index (χ4v) is 2.18. The summed E-state index contributed by atoms with van der Waals surface area (Å²) in [6.45, 7) is 0.271. The van der Waals surface area contributed by atoms with E-state index >= 15 is 0 Å². The zero-order chi connectivity index (χ0) is 15.4. The third-order valence-corrected chi connectivity index (χ3v) is 3.17. The number of aromatic amines is 1. The summed E-state index contributed by atoms with van der Waals surface area (Å²) in [5.74, 6) is -0.354. The molecule has 21 heavy (non-hydrogen) atoms. The van der Waals surface area contributed by atoms with Crippen LogP contribution >= 0.6 is 0 Å². The molecule has 1 atom stereocenters. The number of ether oxygens (including phenoxy) is 1. The SMILES string of the molecule is COCC(O)CN(C)C(=O)c1cc2ccccc2c(=O)[nH]1. The Labute approximate surface area is 122 Å². The van der Waals surface area contributed by atoms with Crippen molar-refractivity contribution in [1.82, 2.24) is 9.88 Å². The van der Waals surface area contributed by atoms with Crippen molar-refractivity contribution in [3.05, 3.63) is 46.4 Å². The van der Waals surface area contributed by atoms with Crippen LogP contribution in [0.5, 0.6) is 0 Å². The smallest absolute Gasteiger partial charge is 0.270 e. The first-order valence-electron chi connectivity index (χ1n) is 6.57. The molecule has 1 amide bonds. The first-order valence-corrected chi connectivity index (χ1v) is 6.57. The number of amides is 1. The molecule has 6 heteroatoms. The number of nitrogens with one attached hydrogen (secondary N) is 1. The van der Waals surface area contributed by atoms with E-state index in [-0.39, 0.29) is 30.3 Å². The van der Waals surface area contributed by atoms with Gasteiger partial charge in [0.2, 0.25) is 0 Å². The number of hydrogen-bond donors (Lipinski definition) is 2. The first-order chi connectivity index (χ1) is 10.0. The van der Waals surface area contributed by atoms with Crippen LogP contribution in [0.2, 0.25) is 0 Å². The Bertz CT molecular complexity index is 695. The molecule has 1 unspecified atom stereocenters. The van der Waals surface area contributed by atoms with E-state index in [2.05, 4.69) is 4.98 Å². The molecule has 0 aliphatic heterocycles. The zero-order valence-electron chi connectivity index (χ0n) is 12.0. The zero-order valence-corrected chi connectivity index (χ0v) is 12.0. The highest BCUT2D eigenvalue weighted by molar-refractivity contribution is 5.96. The minimum atomic E-state index is -0.767. The Morgan fingerprint density at radius 2 is 2.14 bits per heavy atom. The second kappa shape index (κ2) is 6.51. The number of nitrogens with zero attached hydrogens (tertiary/aromatic N) is 1. The molecule has 1 heterocycles. The Hall–Kier alpha value is -2.18. The molecule has 6 nitrogen and oxygen atoms in total. The van der Waals surface area contributed by atoms with Crippen molar-refractivity contribution in [1.29, 1.82) is 0 Å². The number of carbonyl (C=O) groups excluding carboxylic acids is 1. The highest BCUT2D eigenvalue weighted by atomic mass is 16.5. The number of aliphatic hydroxyl groups is 1. The molecule has 0 aliphatic carbocycles. The van der Waals surface area contributed by atoms with Gasteiger partial charge in [-0.15, -0.1) is 0 Å². The summed E-state index contributed by atoms with van der Waals surface area (Å²) in [4.78, 5) is 28.2. The Kier molecular flexibility index (Phi) is 4.72. The van der Waals surface area contributed by atoms with E-state index in [9.17, 15) is 14.7 Å². The van der Waals surface area contributed by atoms with Crippen molar-refractivity contribution < 1.29 is 14.6 Å². The second-order valence-electron chi connectivity index (χ2n) is 4.89. The van der Waals surface area contributed by atoms with Crippen LogP contribution in [0.25, 0.3) is 10.8 Å². The van der Waals surface area contributed by atoms with E-state index < -0.39 is 6.10 Å². The Balaban J connectivity index is 2.25. The molecule has 0 saturated carbocycles. The maximum absolute atomic E-state index is 12.3. The predicted molar refractivity (Wildman–Crippen MR) is 79.4 cm³/mol. The third-order valence-electron chi connectivity index (χ3n) is 3.17. The van der Waals surface area contributed by atoms with Gasteiger partial charge in [0, 0.05) is 26.1 Å². The molecule has 0 bridgehead atoms. The summed E-state index contributed by atoms with van der Waals surface area (Å²) in [7, 11) is 3.04. The summed E-state index contributed by atoms with van der Waals surface area (Å²) in [5.41, 5.74) is -0.104. The number of fused-ring (bicyclic) bond motifs is 1. The van der Waals surface area contributed by atoms with Crippen LogP contribution in [0.1, 0.15) is 10.5 Å². The number of benzene rings is 1. The standard InChI is InChI=1S/C15H18N2O4/c1-17(8-11(18)9-21-2)15(20)13-7-10-5-3-4-6-12(10)14(19)16-13/h3-7,11,18H,8-9H2,1-2H3,(H,16,19). The van der Waals surface area contributed by atoms with Crippen LogP contribution < -0.4 is 5.56 Å². The van der Waals surface area contributed by atoms with E-state index in [1.807, 2.05) is 6.07 Å². The van der Waals surface area contributed by atoms with Crippen molar-refractivity contribution in [2.24, 2.45) is 0 Å². The molecule has 0 fully saturated rings. The minimum Gasteiger partial charge on any atom is -0.389 e. The average Bonchev–Trinajstić information content (AvgIpc) is 2.46. The van der Waals surface area contributed by atoms with Crippen LogP contribution in [-0.2, 0) is 4.74 Å². The van der Waals surface area contributed by atoms with Crippen molar-refractivity contribution in [2.75, 3.05) is 27.3 Å². The van der Waals surface area contributed by atoms with E-state index in [4.69, 9.17) is 4.74 Å². The molecule has 0 aliphatic rings. The van der Waals surface area contributed by atoms with Crippen LogP contribution in [-0.4, -0.2) is 54.3 Å². The van der Waals surface area contributed by atoms with Gasteiger partial charge in [0.15, 0.2) is 0 Å². The lowest BCUT2D eigenvalue weighted by molar-refractivity contribution is 0.0378. The summed E-state index contributed by atoms with van der Waals surface area (Å²) in [5, 5.41) is 10.9. The number of rotatable bonds is 5. The fraction of sp³-hybridized carbons (Fsp3) is 0.333. The minimum absolute atomic E-state index is 0.127. The van der Waals surface area contributed by atoms with Gasteiger partial charge in [-0.25, -0.2) is 0 Å². The number of pyridine rings is 1. The molecule has 1 aromatic carbocycles. The quantitative estimate of drug-likeness (QED) is 0.845. The lowest BCUT2D eigenvalue weighted by Gasteiger charge is -2.20. The largest absolute Gasteiger partial charge is 0.389 e. The second-order valence-corrected chi connectivity index (χ2v) is 4.89. The highest BCUT2D eigenvalue weighted by Gasteiger charge is 2.17. The lowest BCUT2D eigenvalue weighted by atomic mass is 10.1. The molecule has 2 rings (SSSR count). The molecule has 2 N–H and O–H groups in total. The van der Waals surface area contributed by atoms with Crippen molar-refractivity contribution in [2.45, 2.75) is 6.10 Å². The molecule has 1 aromatic heterocycles. The van der Waals surface area contributed by atoms with Crippen LogP contribution in [0.3, 0.4) is 0 Å². The third kappa shape index (κ3) is 3.48. The molecule has 2 aromatic rings. The van der Waals surface area contributed by atoms with Gasteiger partial charge in [-0.05, 0) is 17.5 Å². The van der Waals surface area contributed by atoms with E-state index in [0.29, 0.717) is 10.8 Å². The van der Waals surface area contributed by atoms with E-state index in [1.54, 1.807) is 31.3 Å². The van der Waals surface area contributed by atoms with E-state index in [1.165, 1.54) is 12.0 Å². The number of carbonyl (C=O) groups is 1. The van der Waals surface area contributed by atoms with E-state index in [0.717, 1.165) is 0 Å². The van der Waals surface area contributed by atoms with Crippen LogP contribution in [0.15, 0.2) is 35.1 Å². The number of aliphatic hydroxyl groups excluding tert-OH is 1. The molecule has 112 valence electrons. The normalized spacial score (nSPS) is 12.3. The number of hydrogen-bond acceptors (Lipinski definition) is 4. The Morgan fingerprint density at radius 3 is 2.86 bits per heavy atom. The maximum Gasteiger partial charge on any atom is 0.270 e. The summed E-state index contributed by atoms with van der Waals surface area (Å²) >= 11 is 0. The monoisotopic (exact) mass is 290 g/mol. The van der Waals surface area contributed by atoms with Gasteiger partial charge in [0.05, 0.1) is 12.7 Å². The van der Waals surface area contributed by atoms with Crippen molar-refractivity contribution in [3.8, 4) is 0 Å². The lowest BCUT2D eigenvalue weighted by Crippen LogP contribution is -2.37. The number of aromatic nitrogens is 1. The molecule has 0 radical (unpaired) electrons. The summed E-state index contributed by atoms with van der Waals surface area (Å²) in [6, 6.07) is 8.70. The fourth-order valence-electron chi connectivity index (χ4n) is 2.18. The highest BCUT2D eigenvalue weighted by Crippen LogP contribution is 2.11. The molecular formula is C15H18N2O4. The van der Waals surface area contributed by atoms with Crippen molar-refractivity contribution >= 4 is 16.7 Å². The number of likely N-dealkylation sites (N-methyl/N-ethyl adjacent to an activating group) is 1. The van der Waals surface area contributed by atoms with Crippen LogP contribution in [0, 0.1) is 0 Å². The van der Waals surface area contributed by atoms with Gasteiger partial charge in [0.1, 0.15) is 5.69 Å². The summed E-state index contributed by atoms with van der Waals surface area (Å²) < 4.78 is 4.82. The molecular weight excluding hydrogens is 272 g/mol. The first kappa shape index (κ1) is 15.2. The van der Waals surface area contributed by atoms with Gasteiger partial charge in [-0.2, -0.15) is 0 Å². The van der Waals surface area contributed by atoms with Crippen molar-refractivity contribution in [3.63, 3.8) is 0 Å². The average molecular weight is 290 g/mol. The molecule has 0 spiro atoms. The molecule has 0 saturated heterocycles. The Morgan fingerprint density at radius 1 is 1.43 bits per heavy atom. The maximum atomic E-state index is 12.3. The van der Waals surface area contributed by atoms with Gasteiger partial charge in [-0.3, -0.25) is 9.59 Å². The number of H-pyrrole nitrogens is 1. The van der Waals surface area contributed by atoms with Gasteiger partial charge in [0.25, 0.3) is 11.5 Å². The van der Waals surface area contributed by atoms with Gasteiger partial charge in [-0.1, -0.05) is 18.2 Å². The predicted octanol–water partition coefficient (Wildman–Crippen LogP) is 0.607. The topological polar surface area (TPSA) is 82.6 Å². The van der Waals surface area contributed by atoms with Gasteiger partial charge >= 0.3 is 0 Å².